The lowest BCUT2D eigenvalue weighted by molar-refractivity contribution is 0.163. The summed E-state index contributed by atoms with van der Waals surface area (Å²) < 4.78 is 0. The number of aromatic nitrogens is 1. The maximum Gasteiger partial charge on any atom is 0.134 e. The smallest absolute Gasteiger partial charge is 0.134 e. The van der Waals surface area contributed by atoms with Crippen LogP contribution in [0.2, 0.25) is 5.15 Å². The van der Waals surface area contributed by atoms with E-state index in [0.29, 0.717) is 11.7 Å². The summed E-state index contributed by atoms with van der Waals surface area (Å²) in [6, 6.07) is 10.0. The Bertz CT molecular complexity index is 608. The standard InChI is InChI=1S/C16H19ClN2O/c17-15-13(9-12-5-1-2-6-14(12)19-15)10-18-16(11-20)7-3-4-8-16/h1-2,5-6,9,18,20H,3-4,7-8,10-11H2. The number of para-hydroxylation sites is 1. The highest BCUT2D eigenvalue weighted by atomic mass is 35.5. The highest BCUT2D eigenvalue weighted by molar-refractivity contribution is 6.30. The minimum Gasteiger partial charge on any atom is -0.394 e. The summed E-state index contributed by atoms with van der Waals surface area (Å²) in [7, 11) is 0. The number of aliphatic hydroxyl groups is 1. The van der Waals surface area contributed by atoms with Crippen LogP contribution in [0.5, 0.6) is 0 Å². The Morgan fingerprint density at radius 1 is 1.25 bits per heavy atom. The lowest BCUT2D eigenvalue weighted by Crippen LogP contribution is -2.45. The molecule has 1 saturated carbocycles. The Morgan fingerprint density at radius 2 is 2.00 bits per heavy atom. The molecular weight excluding hydrogens is 272 g/mol. The predicted molar refractivity (Wildman–Crippen MR) is 81.9 cm³/mol. The second-order valence-electron chi connectivity index (χ2n) is 5.63. The summed E-state index contributed by atoms with van der Waals surface area (Å²) >= 11 is 6.26. The van der Waals surface area contributed by atoms with E-state index >= 15 is 0 Å². The molecule has 1 aromatic heterocycles. The first-order valence-electron chi connectivity index (χ1n) is 7.12. The van der Waals surface area contributed by atoms with Gasteiger partial charge in [0.05, 0.1) is 12.1 Å². The summed E-state index contributed by atoms with van der Waals surface area (Å²) in [6.07, 6.45) is 4.42. The Morgan fingerprint density at radius 3 is 2.75 bits per heavy atom. The van der Waals surface area contributed by atoms with Crippen LogP contribution in [0.1, 0.15) is 31.2 Å². The molecule has 1 aliphatic rings. The molecule has 0 spiro atoms. The van der Waals surface area contributed by atoms with Gasteiger partial charge in [0.2, 0.25) is 0 Å². The highest BCUT2D eigenvalue weighted by Crippen LogP contribution is 2.30. The van der Waals surface area contributed by atoms with Crippen LogP contribution < -0.4 is 5.32 Å². The first-order chi connectivity index (χ1) is 9.72. The van der Waals surface area contributed by atoms with Gasteiger partial charge in [-0.15, -0.1) is 0 Å². The fourth-order valence-corrected chi connectivity index (χ4v) is 3.20. The van der Waals surface area contributed by atoms with Crippen LogP contribution in [0.4, 0.5) is 0 Å². The minimum absolute atomic E-state index is 0.130. The van der Waals surface area contributed by atoms with Crippen LogP contribution in [-0.4, -0.2) is 22.2 Å². The van der Waals surface area contributed by atoms with Gasteiger partial charge in [0.25, 0.3) is 0 Å². The van der Waals surface area contributed by atoms with Gasteiger partial charge in [-0.2, -0.15) is 0 Å². The molecule has 0 amide bonds. The average molecular weight is 291 g/mol. The lowest BCUT2D eigenvalue weighted by Gasteiger charge is -2.28. The Hall–Kier alpha value is -1.16. The molecule has 2 N–H and O–H groups in total. The molecule has 0 radical (unpaired) electrons. The molecule has 0 saturated heterocycles. The lowest BCUT2D eigenvalue weighted by atomic mass is 9.98. The average Bonchev–Trinajstić information content (AvgIpc) is 2.94. The molecule has 0 aliphatic heterocycles. The number of hydrogen-bond donors (Lipinski definition) is 2. The van der Waals surface area contributed by atoms with E-state index in [9.17, 15) is 5.11 Å². The van der Waals surface area contributed by atoms with Crippen molar-refractivity contribution >= 4 is 22.5 Å². The van der Waals surface area contributed by atoms with E-state index in [2.05, 4.69) is 16.4 Å². The van der Waals surface area contributed by atoms with Crippen LogP contribution in [0.15, 0.2) is 30.3 Å². The highest BCUT2D eigenvalue weighted by Gasteiger charge is 2.32. The first-order valence-corrected chi connectivity index (χ1v) is 7.50. The van der Waals surface area contributed by atoms with Gasteiger partial charge in [-0.3, -0.25) is 0 Å². The molecule has 1 heterocycles. The molecule has 20 heavy (non-hydrogen) atoms. The minimum atomic E-state index is -0.130. The van der Waals surface area contributed by atoms with Gasteiger partial charge < -0.3 is 10.4 Å². The molecule has 1 aliphatic carbocycles. The van der Waals surface area contributed by atoms with Crippen molar-refractivity contribution in [1.82, 2.24) is 10.3 Å². The second kappa shape index (κ2) is 5.68. The molecular formula is C16H19ClN2O. The van der Waals surface area contributed by atoms with Crippen LogP contribution in [-0.2, 0) is 6.54 Å². The molecule has 2 aromatic rings. The summed E-state index contributed by atoms with van der Waals surface area (Å²) in [5.74, 6) is 0. The van der Waals surface area contributed by atoms with Gasteiger partial charge in [-0.1, -0.05) is 42.6 Å². The monoisotopic (exact) mass is 290 g/mol. The Labute approximate surface area is 124 Å². The van der Waals surface area contributed by atoms with E-state index in [4.69, 9.17) is 11.6 Å². The van der Waals surface area contributed by atoms with Crippen molar-refractivity contribution in [2.24, 2.45) is 0 Å². The van der Waals surface area contributed by atoms with E-state index in [0.717, 1.165) is 29.3 Å². The summed E-state index contributed by atoms with van der Waals surface area (Å²) in [5.41, 5.74) is 1.78. The van der Waals surface area contributed by atoms with Gasteiger partial charge in [-0.25, -0.2) is 4.98 Å². The maximum atomic E-state index is 9.62. The first kappa shape index (κ1) is 13.8. The fraction of sp³-hybridized carbons (Fsp3) is 0.438. The third kappa shape index (κ3) is 2.66. The van der Waals surface area contributed by atoms with Gasteiger partial charge in [0, 0.05) is 23.0 Å². The van der Waals surface area contributed by atoms with E-state index < -0.39 is 0 Å². The normalized spacial score (nSPS) is 17.7. The number of halogens is 1. The number of fused-ring (bicyclic) bond motifs is 1. The molecule has 1 fully saturated rings. The molecule has 0 unspecified atom stereocenters. The summed E-state index contributed by atoms with van der Waals surface area (Å²) in [5, 5.41) is 14.8. The van der Waals surface area contributed by atoms with E-state index in [1.807, 2.05) is 24.3 Å². The molecule has 3 rings (SSSR count). The summed E-state index contributed by atoms with van der Waals surface area (Å²) in [6.45, 7) is 0.836. The third-order valence-electron chi connectivity index (χ3n) is 4.27. The van der Waals surface area contributed by atoms with Crippen LogP contribution in [0.3, 0.4) is 0 Å². The van der Waals surface area contributed by atoms with Gasteiger partial charge in [0.15, 0.2) is 0 Å². The number of hydrogen-bond acceptors (Lipinski definition) is 3. The largest absolute Gasteiger partial charge is 0.394 e. The van der Waals surface area contributed by atoms with Crippen molar-refractivity contribution in [3.05, 3.63) is 41.0 Å². The second-order valence-corrected chi connectivity index (χ2v) is 5.99. The van der Waals surface area contributed by atoms with Gasteiger partial charge >= 0.3 is 0 Å². The molecule has 3 nitrogen and oxygen atoms in total. The molecule has 0 bridgehead atoms. The van der Waals surface area contributed by atoms with Crippen molar-refractivity contribution in [1.29, 1.82) is 0 Å². The zero-order valence-corrected chi connectivity index (χ0v) is 12.2. The van der Waals surface area contributed by atoms with Crippen molar-refractivity contribution in [3.63, 3.8) is 0 Å². The van der Waals surface area contributed by atoms with Crippen LogP contribution in [0.25, 0.3) is 10.9 Å². The van der Waals surface area contributed by atoms with Crippen molar-refractivity contribution in [3.8, 4) is 0 Å². The Kier molecular flexibility index (Phi) is 3.92. The topological polar surface area (TPSA) is 45.1 Å². The SMILES string of the molecule is OCC1(NCc2cc3ccccc3nc2Cl)CCCC1. The number of pyridine rings is 1. The maximum absolute atomic E-state index is 9.62. The van der Waals surface area contributed by atoms with Crippen LogP contribution in [0, 0.1) is 0 Å². The van der Waals surface area contributed by atoms with Gasteiger partial charge in [-0.05, 0) is 25.0 Å². The molecule has 0 atom stereocenters. The van der Waals surface area contributed by atoms with E-state index in [-0.39, 0.29) is 12.1 Å². The molecule has 4 heteroatoms. The zero-order chi connectivity index (χ0) is 14.0. The number of aliphatic hydroxyl groups excluding tert-OH is 1. The number of nitrogens with zero attached hydrogens (tertiary/aromatic N) is 1. The van der Waals surface area contributed by atoms with Crippen LogP contribution >= 0.6 is 11.6 Å². The van der Waals surface area contributed by atoms with E-state index in [1.54, 1.807) is 0 Å². The van der Waals surface area contributed by atoms with E-state index in [1.165, 1.54) is 12.8 Å². The Balaban J connectivity index is 1.81. The quantitative estimate of drug-likeness (QED) is 0.850. The number of nitrogens with one attached hydrogen (secondary N) is 1. The molecule has 106 valence electrons. The summed E-state index contributed by atoms with van der Waals surface area (Å²) in [4.78, 5) is 4.43. The zero-order valence-electron chi connectivity index (χ0n) is 11.4. The van der Waals surface area contributed by atoms with Gasteiger partial charge in [0.1, 0.15) is 5.15 Å². The van der Waals surface area contributed by atoms with Crippen molar-refractivity contribution in [2.45, 2.75) is 37.8 Å². The third-order valence-corrected chi connectivity index (χ3v) is 4.59. The van der Waals surface area contributed by atoms with Crippen molar-refractivity contribution in [2.75, 3.05) is 6.61 Å². The molecule has 1 aromatic carbocycles. The number of rotatable bonds is 4. The number of benzene rings is 1. The predicted octanol–water partition coefficient (Wildman–Crippen LogP) is 3.28. The fourth-order valence-electron chi connectivity index (χ4n) is 2.99. The van der Waals surface area contributed by atoms with Crippen molar-refractivity contribution < 1.29 is 5.11 Å².